The Morgan fingerprint density at radius 2 is 2.30 bits per heavy atom. The normalized spacial score (nSPS) is 26.4. The van der Waals surface area contributed by atoms with Gasteiger partial charge in [-0.05, 0) is 46.8 Å². The highest BCUT2D eigenvalue weighted by atomic mass is 79.9. The van der Waals surface area contributed by atoms with Gasteiger partial charge in [0.05, 0.1) is 16.2 Å². The third-order valence-electron chi connectivity index (χ3n) is 3.73. The molecule has 0 saturated heterocycles. The van der Waals surface area contributed by atoms with Gasteiger partial charge in [0.2, 0.25) is 5.91 Å². The maximum Gasteiger partial charge on any atom is 0.244 e. The molecule has 0 heterocycles. The third kappa shape index (κ3) is 3.32. The van der Waals surface area contributed by atoms with Crippen LogP contribution in [0.25, 0.3) is 0 Å². The van der Waals surface area contributed by atoms with E-state index in [-0.39, 0.29) is 10.9 Å². The van der Waals surface area contributed by atoms with Crippen LogP contribution in [0.2, 0.25) is 5.02 Å². The van der Waals surface area contributed by atoms with Gasteiger partial charge in [-0.2, -0.15) is 0 Å². The van der Waals surface area contributed by atoms with E-state index in [2.05, 4.69) is 28.2 Å². The van der Waals surface area contributed by atoms with E-state index in [9.17, 15) is 9.18 Å². The maximum atomic E-state index is 13.2. The quantitative estimate of drug-likeness (QED) is 0.831. The largest absolute Gasteiger partial charge is 0.322 e. The van der Waals surface area contributed by atoms with Crippen LogP contribution in [0.4, 0.5) is 10.1 Å². The second-order valence-corrected chi connectivity index (χ2v) is 6.82. The molecule has 1 aromatic carbocycles. The van der Waals surface area contributed by atoms with Gasteiger partial charge in [-0.25, -0.2) is 4.39 Å². The number of hydrogen-bond donors (Lipinski definition) is 2. The molecule has 1 amide bonds. The average molecular weight is 364 g/mol. The molecule has 1 aliphatic carbocycles. The molecule has 6 heteroatoms. The number of halogens is 3. The van der Waals surface area contributed by atoms with E-state index >= 15 is 0 Å². The SMILES string of the molecule is CC1CCCC(N)(C(=O)Nc2c(Cl)cc(F)cc2Br)C1. The summed E-state index contributed by atoms with van der Waals surface area (Å²) in [6, 6.07) is 2.42. The monoisotopic (exact) mass is 362 g/mol. The van der Waals surface area contributed by atoms with Crippen LogP contribution in [-0.4, -0.2) is 11.4 Å². The van der Waals surface area contributed by atoms with Gasteiger partial charge in [0.1, 0.15) is 5.82 Å². The third-order valence-corrected chi connectivity index (χ3v) is 4.65. The topological polar surface area (TPSA) is 55.1 Å². The number of benzene rings is 1. The Kier molecular flexibility index (Phi) is 4.72. The van der Waals surface area contributed by atoms with E-state index in [0.29, 0.717) is 28.9 Å². The Balaban J connectivity index is 2.20. The first-order valence-electron chi connectivity index (χ1n) is 6.57. The smallest absolute Gasteiger partial charge is 0.244 e. The molecular formula is C14H17BrClFN2O. The Morgan fingerprint density at radius 3 is 2.90 bits per heavy atom. The van der Waals surface area contributed by atoms with Crippen molar-refractivity contribution in [2.75, 3.05) is 5.32 Å². The highest BCUT2D eigenvalue weighted by molar-refractivity contribution is 9.10. The van der Waals surface area contributed by atoms with Crippen molar-refractivity contribution in [2.45, 2.75) is 38.1 Å². The van der Waals surface area contributed by atoms with Crippen molar-refractivity contribution in [1.82, 2.24) is 0 Å². The fraction of sp³-hybridized carbons (Fsp3) is 0.500. The second-order valence-electron chi connectivity index (χ2n) is 5.56. The molecule has 1 aliphatic rings. The van der Waals surface area contributed by atoms with Crippen molar-refractivity contribution in [2.24, 2.45) is 11.7 Å². The molecule has 3 nitrogen and oxygen atoms in total. The zero-order valence-electron chi connectivity index (χ0n) is 11.2. The number of nitrogens with one attached hydrogen (secondary N) is 1. The van der Waals surface area contributed by atoms with E-state index in [1.165, 1.54) is 6.07 Å². The summed E-state index contributed by atoms with van der Waals surface area (Å²) in [6.07, 6.45) is 3.32. The summed E-state index contributed by atoms with van der Waals surface area (Å²) in [5.41, 5.74) is 5.71. The van der Waals surface area contributed by atoms with Crippen LogP contribution < -0.4 is 11.1 Å². The lowest BCUT2D eigenvalue weighted by Gasteiger charge is -2.35. The van der Waals surface area contributed by atoms with Gasteiger partial charge in [-0.3, -0.25) is 4.79 Å². The van der Waals surface area contributed by atoms with E-state index in [1.807, 2.05) is 0 Å². The number of carbonyl (C=O) groups is 1. The predicted molar refractivity (Wildman–Crippen MR) is 82.3 cm³/mol. The van der Waals surface area contributed by atoms with Crippen molar-refractivity contribution in [1.29, 1.82) is 0 Å². The van der Waals surface area contributed by atoms with E-state index < -0.39 is 11.4 Å². The Labute approximate surface area is 131 Å². The van der Waals surface area contributed by atoms with Crippen LogP contribution in [0.5, 0.6) is 0 Å². The summed E-state index contributed by atoms with van der Waals surface area (Å²) in [6.45, 7) is 2.09. The predicted octanol–water partition coefficient (Wildman–Crippen LogP) is 4.09. The molecule has 2 unspecified atom stereocenters. The Hall–Kier alpha value is -0.650. The van der Waals surface area contributed by atoms with Gasteiger partial charge >= 0.3 is 0 Å². The van der Waals surface area contributed by atoms with Crippen molar-refractivity contribution < 1.29 is 9.18 Å². The number of anilines is 1. The minimum atomic E-state index is -0.880. The van der Waals surface area contributed by atoms with Crippen molar-refractivity contribution in [3.8, 4) is 0 Å². The summed E-state index contributed by atoms with van der Waals surface area (Å²) in [5, 5.41) is 2.88. The van der Waals surface area contributed by atoms with Gasteiger partial charge in [0.15, 0.2) is 0 Å². The van der Waals surface area contributed by atoms with Gasteiger partial charge in [0, 0.05) is 4.47 Å². The molecule has 110 valence electrons. The molecule has 1 aromatic rings. The molecule has 0 aromatic heterocycles. The molecule has 3 N–H and O–H groups in total. The van der Waals surface area contributed by atoms with Crippen molar-refractivity contribution >= 4 is 39.1 Å². The number of carbonyl (C=O) groups excluding carboxylic acids is 1. The van der Waals surface area contributed by atoms with Gasteiger partial charge in [-0.1, -0.05) is 31.4 Å². The molecule has 20 heavy (non-hydrogen) atoms. The molecular weight excluding hydrogens is 347 g/mol. The molecule has 0 bridgehead atoms. The first-order chi connectivity index (χ1) is 9.32. The molecule has 0 radical (unpaired) electrons. The zero-order valence-corrected chi connectivity index (χ0v) is 13.5. The zero-order chi connectivity index (χ0) is 14.9. The number of amides is 1. The highest BCUT2D eigenvalue weighted by Crippen LogP contribution is 2.35. The summed E-state index contributed by atoms with van der Waals surface area (Å²) in [7, 11) is 0. The first-order valence-corrected chi connectivity index (χ1v) is 7.74. The molecule has 2 rings (SSSR count). The first kappa shape index (κ1) is 15.7. The summed E-state index contributed by atoms with van der Waals surface area (Å²) < 4.78 is 13.6. The lowest BCUT2D eigenvalue weighted by atomic mass is 9.76. The van der Waals surface area contributed by atoms with Gasteiger partial charge < -0.3 is 11.1 Å². The second kappa shape index (κ2) is 6.00. The lowest BCUT2D eigenvalue weighted by Crippen LogP contribution is -2.53. The standard InChI is InChI=1S/C14H17BrClFN2O/c1-8-3-2-4-14(18,7-8)13(20)19-12-10(15)5-9(17)6-11(12)16/h5-6,8H,2-4,7,18H2,1H3,(H,19,20). The number of rotatable bonds is 2. The Morgan fingerprint density at radius 1 is 1.60 bits per heavy atom. The minimum absolute atomic E-state index is 0.151. The minimum Gasteiger partial charge on any atom is -0.322 e. The summed E-state index contributed by atoms with van der Waals surface area (Å²) in [4.78, 5) is 12.4. The van der Waals surface area contributed by atoms with Crippen molar-refractivity contribution in [3.63, 3.8) is 0 Å². The molecule has 0 spiro atoms. The van der Waals surface area contributed by atoms with Crippen LogP contribution >= 0.6 is 27.5 Å². The van der Waals surface area contributed by atoms with Crippen LogP contribution in [0.15, 0.2) is 16.6 Å². The summed E-state index contributed by atoms with van der Waals surface area (Å²) >= 11 is 9.17. The maximum absolute atomic E-state index is 13.2. The average Bonchev–Trinajstić information content (AvgIpc) is 2.33. The Bertz CT molecular complexity index is 517. The fourth-order valence-electron chi connectivity index (χ4n) is 2.70. The molecule has 1 saturated carbocycles. The highest BCUT2D eigenvalue weighted by Gasteiger charge is 2.38. The van der Waals surface area contributed by atoms with Crippen molar-refractivity contribution in [3.05, 3.63) is 27.4 Å². The molecule has 0 aliphatic heterocycles. The van der Waals surface area contributed by atoms with Crippen LogP contribution in [0.3, 0.4) is 0 Å². The van der Waals surface area contributed by atoms with Crippen LogP contribution in [0.1, 0.15) is 32.6 Å². The lowest BCUT2D eigenvalue weighted by molar-refractivity contribution is -0.122. The van der Waals surface area contributed by atoms with Gasteiger partial charge in [-0.15, -0.1) is 0 Å². The number of hydrogen-bond acceptors (Lipinski definition) is 2. The van der Waals surface area contributed by atoms with E-state index in [4.69, 9.17) is 17.3 Å². The van der Waals surface area contributed by atoms with E-state index in [1.54, 1.807) is 0 Å². The molecule has 1 fully saturated rings. The van der Waals surface area contributed by atoms with E-state index in [0.717, 1.165) is 18.9 Å². The van der Waals surface area contributed by atoms with Crippen LogP contribution in [-0.2, 0) is 4.79 Å². The summed E-state index contributed by atoms with van der Waals surface area (Å²) in [5.74, 6) is -0.307. The van der Waals surface area contributed by atoms with Gasteiger partial charge in [0.25, 0.3) is 0 Å². The number of nitrogens with two attached hydrogens (primary N) is 1. The molecule has 2 atom stereocenters. The fourth-order valence-corrected chi connectivity index (χ4v) is 3.60. The van der Waals surface area contributed by atoms with Crippen LogP contribution in [0, 0.1) is 11.7 Å².